The zero-order valence-corrected chi connectivity index (χ0v) is 12.9. The summed E-state index contributed by atoms with van der Waals surface area (Å²) < 4.78 is 0. The zero-order chi connectivity index (χ0) is 14.3. The summed E-state index contributed by atoms with van der Waals surface area (Å²) in [4.78, 5) is 0. The van der Waals surface area contributed by atoms with Crippen LogP contribution in [0.1, 0.15) is 49.3 Å². The summed E-state index contributed by atoms with van der Waals surface area (Å²) in [6.07, 6.45) is 6.51. The van der Waals surface area contributed by atoms with Crippen molar-refractivity contribution < 1.29 is 0 Å². The van der Waals surface area contributed by atoms with E-state index in [1.54, 1.807) is 0 Å². The van der Waals surface area contributed by atoms with Gasteiger partial charge in [-0.05, 0) is 42.2 Å². The minimum atomic E-state index is 0.222. The van der Waals surface area contributed by atoms with E-state index in [0.29, 0.717) is 6.04 Å². The van der Waals surface area contributed by atoms with E-state index in [4.69, 9.17) is 11.6 Å². The molecule has 21 heavy (non-hydrogen) atoms. The summed E-state index contributed by atoms with van der Waals surface area (Å²) in [6.45, 7) is 0. The number of nitrogens with one attached hydrogen (secondary N) is 1. The van der Waals surface area contributed by atoms with Gasteiger partial charge in [-0.15, -0.1) is 0 Å². The molecule has 0 amide bonds. The number of halogens is 1. The molecule has 1 aliphatic heterocycles. The Morgan fingerprint density at radius 2 is 1.71 bits per heavy atom. The van der Waals surface area contributed by atoms with Crippen molar-refractivity contribution in [1.29, 1.82) is 0 Å². The highest BCUT2D eigenvalue weighted by atomic mass is 35.5. The molecule has 1 saturated carbocycles. The van der Waals surface area contributed by atoms with E-state index < -0.39 is 0 Å². The molecule has 1 heterocycles. The summed E-state index contributed by atoms with van der Waals surface area (Å²) in [5.74, 6) is 0. The maximum atomic E-state index is 6.29. The van der Waals surface area contributed by atoms with Crippen molar-refractivity contribution >= 4 is 17.3 Å². The lowest BCUT2D eigenvalue weighted by Gasteiger charge is -2.39. The van der Waals surface area contributed by atoms with Crippen molar-refractivity contribution in [3.05, 3.63) is 64.7 Å². The van der Waals surface area contributed by atoms with E-state index in [9.17, 15) is 0 Å². The quantitative estimate of drug-likeness (QED) is 0.711. The summed E-state index contributed by atoms with van der Waals surface area (Å²) in [6, 6.07) is 17.6. The number of benzene rings is 2. The topological polar surface area (TPSA) is 12.0 Å². The van der Waals surface area contributed by atoms with E-state index in [2.05, 4.69) is 47.8 Å². The summed E-state index contributed by atoms with van der Waals surface area (Å²) in [5, 5.41) is 4.64. The molecule has 0 bridgehead atoms. The second-order valence-electron chi connectivity index (χ2n) is 6.39. The fraction of sp³-hybridized carbons (Fsp3) is 0.368. The van der Waals surface area contributed by atoms with Gasteiger partial charge < -0.3 is 5.32 Å². The Morgan fingerprint density at radius 1 is 0.952 bits per heavy atom. The lowest BCUT2D eigenvalue weighted by Crippen LogP contribution is -2.34. The van der Waals surface area contributed by atoms with Crippen LogP contribution in [0, 0.1) is 0 Å². The van der Waals surface area contributed by atoms with Gasteiger partial charge in [0.25, 0.3) is 0 Å². The van der Waals surface area contributed by atoms with Crippen molar-refractivity contribution in [2.24, 2.45) is 0 Å². The largest absolute Gasteiger partial charge is 0.377 e. The van der Waals surface area contributed by atoms with Gasteiger partial charge in [-0.3, -0.25) is 0 Å². The minimum absolute atomic E-state index is 0.222. The predicted molar refractivity (Wildman–Crippen MR) is 89.0 cm³/mol. The molecular formula is C19H20ClN. The molecule has 2 aromatic rings. The van der Waals surface area contributed by atoms with Gasteiger partial charge in [0.05, 0.1) is 6.04 Å². The molecule has 108 valence electrons. The third-order valence-corrected chi connectivity index (χ3v) is 5.48. The first kappa shape index (κ1) is 13.2. The van der Waals surface area contributed by atoms with Crippen LogP contribution in [0.25, 0.3) is 0 Å². The molecule has 2 aromatic carbocycles. The molecule has 2 aliphatic rings. The minimum Gasteiger partial charge on any atom is -0.377 e. The van der Waals surface area contributed by atoms with Gasteiger partial charge in [0, 0.05) is 16.1 Å². The van der Waals surface area contributed by atoms with Crippen molar-refractivity contribution in [2.75, 3.05) is 5.32 Å². The lowest BCUT2D eigenvalue weighted by atomic mass is 9.65. The zero-order valence-electron chi connectivity index (χ0n) is 12.1. The molecule has 0 radical (unpaired) electrons. The second kappa shape index (κ2) is 5.06. The molecule has 1 fully saturated rings. The van der Waals surface area contributed by atoms with Gasteiger partial charge in [-0.25, -0.2) is 0 Å². The monoisotopic (exact) mass is 297 g/mol. The van der Waals surface area contributed by atoms with Crippen LogP contribution < -0.4 is 5.32 Å². The van der Waals surface area contributed by atoms with Crippen LogP contribution in [0.5, 0.6) is 0 Å². The van der Waals surface area contributed by atoms with Gasteiger partial charge in [0.15, 0.2) is 0 Å². The molecule has 1 atom stereocenters. The Hall–Kier alpha value is -1.47. The van der Waals surface area contributed by atoms with Crippen LogP contribution in [-0.4, -0.2) is 0 Å². The average Bonchev–Trinajstić information content (AvgIpc) is 2.83. The molecule has 2 heteroatoms. The third-order valence-electron chi connectivity index (χ3n) is 5.25. The number of hydrogen-bond acceptors (Lipinski definition) is 1. The Morgan fingerprint density at radius 3 is 2.48 bits per heavy atom. The predicted octanol–water partition coefficient (Wildman–Crippen LogP) is 5.71. The first-order valence-electron chi connectivity index (χ1n) is 7.91. The Balaban J connectivity index is 1.85. The van der Waals surface area contributed by atoms with Crippen molar-refractivity contribution in [3.63, 3.8) is 0 Å². The fourth-order valence-electron chi connectivity index (χ4n) is 4.29. The molecule has 0 saturated heterocycles. The molecule has 0 aromatic heterocycles. The normalized spacial score (nSPS) is 22.8. The van der Waals surface area contributed by atoms with Crippen molar-refractivity contribution in [3.8, 4) is 0 Å². The summed E-state index contributed by atoms with van der Waals surface area (Å²) in [7, 11) is 0. The van der Waals surface area contributed by atoms with E-state index in [1.807, 2.05) is 6.07 Å². The van der Waals surface area contributed by atoms with Crippen LogP contribution >= 0.6 is 11.6 Å². The molecule has 1 nitrogen and oxygen atoms in total. The first-order chi connectivity index (χ1) is 10.3. The standard InChI is InChI=1S/C19H20ClN/c20-15-9-10-17-16(13-15)19(11-5-2-6-12-19)18(21-17)14-7-3-1-4-8-14/h1,3-4,7-10,13,18,21H,2,5-6,11-12H2/t18-/m0/s1. The third kappa shape index (κ3) is 2.06. The summed E-state index contributed by atoms with van der Waals surface area (Å²) >= 11 is 6.29. The Labute approximate surface area is 131 Å². The average molecular weight is 298 g/mol. The van der Waals surface area contributed by atoms with Crippen LogP contribution in [0.2, 0.25) is 5.02 Å². The van der Waals surface area contributed by atoms with Gasteiger partial charge in [-0.1, -0.05) is 61.2 Å². The van der Waals surface area contributed by atoms with Crippen molar-refractivity contribution in [2.45, 2.75) is 43.6 Å². The molecule has 0 unspecified atom stereocenters. The van der Waals surface area contributed by atoms with Gasteiger partial charge in [-0.2, -0.15) is 0 Å². The molecule has 1 N–H and O–H groups in total. The van der Waals surface area contributed by atoms with Crippen LogP contribution in [0.15, 0.2) is 48.5 Å². The first-order valence-corrected chi connectivity index (χ1v) is 8.29. The van der Waals surface area contributed by atoms with Crippen LogP contribution in [0.3, 0.4) is 0 Å². The number of rotatable bonds is 1. The Bertz CT molecular complexity index is 644. The molecule has 4 rings (SSSR count). The lowest BCUT2D eigenvalue weighted by molar-refractivity contribution is 0.270. The maximum absolute atomic E-state index is 6.29. The smallest absolute Gasteiger partial charge is 0.0611 e. The highest BCUT2D eigenvalue weighted by Crippen LogP contribution is 2.56. The number of anilines is 1. The Kier molecular flexibility index (Phi) is 3.19. The van der Waals surface area contributed by atoms with E-state index in [0.717, 1.165) is 5.02 Å². The SMILES string of the molecule is Clc1ccc2c(c1)C1(CCCCC1)[C@H](c1ccccc1)N2. The van der Waals surface area contributed by atoms with E-state index in [1.165, 1.54) is 48.9 Å². The number of fused-ring (bicyclic) bond motifs is 2. The van der Waals surface area contributed by atoms with Crippen molar-refractivity contribution in [1.82, 2.24) is 0 Å². The molecule has 1 aliphatic carbocycles. The van der Waals surface area contributed by atoms with Gasteiger partial charge >= 0.3 is 0 Å². The molecular weight excluding hydrogens is 278 g/mol. The highest BCUT2D eigenvalue weighted by Gasteiger charge is 2.47. The second-order valence-corrected chi connectivity index (χ2v) is 6.83. The summed E-state index contributed by atoms with van der Waals surface area (Å²) in [5.41, 5.74) is 4.32. The highest BCUT2D eigenvalue weighted by molar-refractivity contribution is 6.30. The van der Waals surface area contributed by atoms with E-state index in [-0.39, 0.29) is 5.41 Å². The fourth-order valence-corrected chi connectivity index (χ4v) is 4.46. The number of hydrogen-bond donors (Lipinski definition) is 1. The maximum Gasteiger partial charge on any atom is 0.0611 e. The van der Waals surface area contributed by atoms with Crippen LogP contribution in [0.4, 0.5) is 5.69 Å². The molecule has 1 spiro atoms. The van der Waals surface area contributed by atoms with Gasteiger partial charge in [0.2, 0.25) is 0 Å². The van der Waals surface area contributed by atoms with Gasteiger partial charge in [0.1, 0.15) is 0 Å². The van der Waals surface area contributed by atoms with E-state index >= 15 is 0 Å². The van der Waals surface area contributed by atoms with Crippen LogP contribution in [-0.2, 0) is 5.41 Å².